The number of hydrogen-bond acceptors (Lipinski definition) is 4. The number of rotatable bonds is 13. The van der Waals surface area contributed by atoms with Crippen LogP contribution in [0.3, 0.4) is 0 Å². The highest BCUT2D eigenvalue weighted by Crippen LogP contribution is 2.37. The van der Waals surface area contributed by atoms with E-state index in [2.05, 4.69) is 12.2 Å². The maximum absolute atomic E-state index is 12.4. The first-order valence-electron chi connectivity index (χ1n) is 9.22. The third-order valence-electron chi connectivity index (χ3n) is 4.11. The largest absolute Gasteiger partial charge is 0.480 e. The summed E-state index contributed by atoms with van der Waals surface area (Å²) in [5.74, 6) is -1.19. The molecule has 0 aliphatic carbocycles. The van der Waals surface area contributed by atoms with Gasteiger partial charge in [-0.1, -0.05) is 56.0 Å². The molecule has 0 aromatic heterocycles. The standard InChI is InChI=1S/C20H28ClNO4S/c1-3-4-5-6-9-15(24)12-19(16-10-7-8-11-17(16)21)27-13-18(20(25)26)22-14(2)23/h7-8,10-11,18-19H,3-6,9,12-13H2,1-2H3,(H,22,23)(H,25,26)/t18-,19-/m1/s1. The predicted octanol–water partition coefficient (Wildman–Crippen LogP) is 4.63. The minimum absolute atomic E-state index is 0.148. The van der Waals surface area contributed by atoms with Gasteiger partial charge in [0.05, 0.1) is 0 Å². The van der Waals surface area contributed by atoms with Crippen molar-refractivity contribution in [3.05, 3.63) is 34.9 Å². The Hall–Kier alpha value is -1.53. The Labute approximate surface area is 170 Å². The van der Waals surface area contributed by atoms with Gasteiger partial charge in [0.25, 0.3) is 0 Å². The number of carboxylic acids is 1. The van der Waals surface area contributed by atoms with Crippen molar-refractivity contribution in [2.24, 2.45) is 0 Å². The van der Waals surface area contributed by atoms with Crippen LogP contribution in [0.5, 0.6) is 0 Å². The smallest absolute Gasteiger partial charge is 0.327 e. The van der Waals surface area contributed by atoms with Crippen LogP contribution in [-0.2, 0) is 14.4 Å². The van der Waals surface area contributed by atoms with Crippen molar-refractivity contribution < 1.29 is 19.5 Å². The monoisotopic (exact) mass is 413 g/mol. The molecule has 0 heterocycles. The van der Waals surface area contributed by atoms with Crippen molar-refractivity contribution in [2.75, 3.05) is 5.75 Å². The van der Waals surface area contributed by atoms with Gasteiger partial charge in [-0.25, -0.2) is 4.79 Å². The highest BCUT2D eigenvalue weighted by atomic mass is 35.5. The fourth-order valence-electron chi connectivity index (χ4n) is 2.69. The van der Waals surface area contributed by atoms with Crippen molar-refractivity contribution >= 4 is 41.0 Å². The number of unbranched alkanes of at least 4 members (excludes halogenated alkanes) is 3. The molecule has 0 radical (unpaired) electrons. The molecule has 2 N–H and O–H groups in total. The molecule has 2 atom stereocenters. The van der Waals surface area contributed by atoms with Gasteiger partial charge in [-0.05, 0) is 18.1 Å². The summed E-state index contributed by atoms with van der Waals surface area (Å²) in [4.78, 5) is 35.0. The minimum Gasteiger partial charge on any atom is -0.480 e. The number of halogens is 1. The average molecular weight is 414 g/mol. The van der Waals surface area contributed by atoms with E-state index in [-0.39, 0.29) is 16.8 Å². The van der Waals surface area contributed by atoms with Gasteiger partial charge in [0, 0.05) is 35.8 Å². The van der Waals surface area contributed by atoms with Gasteiger partial charge in [0.2, 0.25) is 5.91 Å². The molecule has 0 bridgehead atoms. The lowest BCUT2D eigenvalue weighted by molar-refractivity contribution is -0.140. The van der Waals surface area contributed by atoms with E-state index in [0.717, 1.165) is 31.2 Å². The first-order valence-corrected chi connectivity index (χ1v) is 10.7. The number of nitrogens with one attached hydrogen (secondary N) is 1. The number of benzene rings is 1. The molecule has 0 spiro atoms. The Morgan fingerprint density at radius 3 is 2.48 bits per heavy atom. The molecule has 5 nitrogen and oxygen atoms in total. The second-order valence-electron chi connectivity index (χ2n) is 6.49. The van der Waals surface area contributed by atoms with E-state index in [1.165, 1.54) is 18.7 Å². The third-order valence-corrected chi connectivity index (χ3v) is 5.81. The fraction of sp³-hybridized carbons (Fsp3) is 0.550. The number of carbonyl (C=O) groups is 3. The van der Waals surface area contributed by atoms with Crippen LogP contribution >= 0.6 is 23.4 Å². The molecule has 0 saturated heterocycles. The zero-order valence-corrected chi connectivity index (χ0v) is 17.4. The lowest BCUT2D eigenvalue weighted by atomic mass is 10.0. The third kappa shape index (κ3) is 9.29. The summed E-state index contributed by atoms with van der Waals surface area (Å²) < 4.78 is 0. The van der Waals surface area contributed by atoms with Crippen LogP contribution < -0.4 is 5.32 Å². The topological polar surface area (TPSA) is 83.5 Å². The van der Waals surface area contributed by atoms with E-state index < -0.39 is 17.9 Å². The minimum atomic E-state index is -1.10. The van der Waals surface area contributed by atoms with Crippen LogP contribution in [0.25, 0.3) is 0 Å². The highest BCUT2D eigenvalue weighted by molar-refractivity contribution is 7.99. The van der Waals surface area contributed by atoms with E-state index in [0.29, 0.717) is 17.9 Å². The molecule has 0 fully saturated rings. The summed E-state index contributed by atoms with van der Waals surface area (Å²) in [6, 6.07) is 6.29. The summed E-state index contributed by atoms with van der Waals surface area (Å²) in [6.07, 6.45) is 4.97. The van der Waals surface area contributed by atoms with E-state index in [1.54, 1.807) is 6.07 Å². The maximum Gasteiger partial charge on any atom is 0.327 e. The molecular weight excluding hydrogens is 386 g/mol. The van der Waals surface area contributed by atoms with Gasteiger partial charge < -0.3 is 10.4 Å². The predicted molar refractivity (Wildman–Crippen MR) is 110 cm³/mol. The first kappa shape index (κ1) is 23.5. The number of amides is 1. The Morgan fingerprint density at radius 1 is 1.19 bits per heavy atom. The second kappa shape index (κ2) is 12.8. The Kier molecular flexibility index (Phi) is 11.1. The van der Waals surface area contributed by atoms with Crippen LogP contribution in [0, 0.1) is 0 Å². The Balaban J connectivity index is 2.79. The van der Waals surface area contributed by atoms with E-state index in [4.69, 9.17) is 11.6 Å². The summed E-state index contributed by atoms with van der Waals surface area (Å²) in [6.45, 7) is 3.41. The zero-order chi connectivity index (χ0) is 20.2. The van der Waals surface area contributed by atoms with E-state index in [9.17, 15) is 19.5 Å². The van der Waals surface area contributed by atoms with E-state index in [1.807, 2.05) is 18.2 Å². The first-order chi connectivity index (χ1) is 12.8. The van der Waals surface area contributed by atoms with Gasteiger partial charge in [-0.15, -0.1) is 0 Å². The number of hydrogen-bond donors (Lipinski definition) is 2. The van der Waals surface area contributed by atoms with Gasteiger partial charge >= 0.3 is 5.97 Å². The molecule has 0 unspecified atom stereocenters. The average Bonchev–Trinajstić information content (AvgIpc) is 2.61. The Morgan fingerprint density at radius 2 is 1.89 bits per heavy atom. The number of Topliss-reactive ketones (excluding diaryl/α,β-unsaturated/α-hetero) is 1. The molecule has 1 rings (SSSR count). The number of carboxylic acid groups (broad SMARTS) is 1. The lowest BCUT2D eigenvalue weighted by Crippen LogP contribution is -2.41. The van der Waals surface area contributed by atoms with Crippen LogP contribution in [0.15, 0.2) is 24.3 Å². The van der Waals surface area contributed by atoms with Gasteiger partial charge in [0.15, 0.2) is 0 Å². The van der Waals surface area contributed by atoms with Crippen molar-refractivity contribution in [1.82, 2.24) is 5.32 Å². The van der Waals surface area contributed by atoms with Crippen molar-refractivity contribution in [1.29, 1.82) is 0 Å². The summed E-state index contributed by atoms with van der Waals surface area (Å²) in [7, 11) is 0. The number of thioether (sulfide) groups is 1. The number of carbonyl (C=O) groups excluding carboxylic acids is 2. The van der Waals surface area contributed by atoms with Crippen molar-refractivity contribution in [3.8, 4) is 0 Å². The zero-order valence-electron chi connectivity index (χ0n) is 15.9. The van der Waals surface area contributed by atoms with Crippen LogP contribution in [0.4, 0.5) is 0 Å². The van der Waals surface area contributed by atoms with Crippen molar-refractivity contribution in [3.63, 3.8) is 0 Å². The second-order valence-corrected chi connectivity index (χ2v) is 8.13. The molecule has 1 aromatic carbocycles. The molecule has 1 amide bonds. The van der Waals surface area contributed by atoms with Gasteiger partial charge in [0.1, 0.15) is 11.8 Å². The number of ketones is 1. The summed E-state index contributed by atoms with van der Waals surface area (Å²) in [5.41, 5.74) is 0.818. The Bertz CT molecular complexity index is 638. The van der Waals surface area contributed by atoms with Crippen LogP contribution in [-0.4, -0.2) is 34.6 Å². The molecule has 0 aliphatic heterocycles. The molecular formula is C20H28ClNO4S. The molecule has 1 aromatic rings. The molecule has 7 heteroatoms. The SMILES string of the molecule is CCCCCCC(=O)C[C@@H](SC[C@@H](NC(C)=O)C(=O)O)c1ccccc1Cl. The quantitative estimate of drug-likeness (QED) is 0.460. The maximum atomic E-state index is 12.4. The van der Waals surface area contributed by atoms with Gasteiger partial charge in [-0.3, -0.25) is 9.59 Å². The number of aliphatic carboxylic acids is 1. The molecule has 0 aliphatic rings. The fourth-order valence-corrected chi connectivity index (χ4v) is 4.36. The molecule has 27 heavy (non-hydrogen) atoms. The summed E-state index contributed by atoms with van der Waals surface area (Å²) >= 11 is 7.64. The van der Waals surface area contributed by atoms with E-state index >= 15 is 0 Å². The van der Waals surface area contributed by atoms with Crippen molar-refractivity contribution in [2.45, 2.75) is 63.7 Å². The van der Waals surface area contributed by atoms with Gasteiger partial charge in [-0.2, -0.15) is 11.8 Å². The summed E-state index contributed by atoms with van der Waals surface area (Å²) in [5, 5.41) is 12.0. The lowest BCUT2D eigenvalue weighted by Gasteiger charge is -2.20. The highest BCUT2D eigenvalue weighted by Gasteiger charge is 2.24. The van der Waals surface area contributed by atoms with Crippen LogP contribution in [0.1, 0.15) is 63.2 Å². The molecule has 0 saturated carbocycles. The molecule has 150 valence electrons. The van der Waals surface area contributed by atoms with Crippen LogP contribution in [0.2, 0.25) is 5.02 Å². The normalized spacial score (nSPS) is 13.0.